The van der Waals surface area contributed by atoms with E-state index < -0.39 is 6.17 Å². The highest BCUT2D eigenvalue weighted by Gasteiger charge is 2.33. The molecule has 1 aromatic carbocycles. The second-order valence-corrected chi connectivity index (χ2v) is 5.95. The Hall–Kier alpha value is -1.53. The van der Waals surface area contributed by atoms with E-state index in [2.05, 4.69) is 10.6 Å². The van der Waals surface area contributed by atoms with Crippen molar-refractivity contribution in [3.8, 4) is 0 Å². The zero-order chi connectivity index (χ0) is 14.8. The minimum absolute atomic E-state index is 0.00305. The number of hydrogen-bond donors (Lipinski definition) is 2. The summed E-state index contributed by atoms with van der Waals surface area (Å²) in [6.07, 6.45) is -0.0155. The van der Waals surface area contributed by atoms with E-state index in [1.807, 2.05) is 30.3 Å². The number of halogens is 1. The zero-order valence-corrected chi connectivity index (χ0v) is 12.4. The largest absolute Gasteiger partial charge is 0.355 e. The second-order valence-electron chi connectivity index (χ2n) is 5.56. The fraction of sp³-hybridized carbons (Fsp3) is 0.467. The number of rotatable bonds is 3. The lowest BCUT2D eigenvalue weighted by atomic mass is 10.0. The van der Waals surface area contributed by atoms with Gasteiger partial charge in [0.1, 0.15) is 6.17 Å². The number of thiocarbonyl (C=S) groups is 1. The van der Waals surface area contributed by atoms with Gasteiger partial charge in [-0.3, -0.25) is 9.69 Å². The van der Waals surface area contributed by atoms with E-state index in [1.165, 1.54) is 0 Å². The average Bonchev–Trinajstić information content (AvgIpc) is 2.89. The van der Waals surface area contributed by atoms with Gasteiger partial charge in [-0.25, -0.2) is 4.39 Å². The number of nitrogens with zero attached hydrogens (tertiary/aromatic N) is 1. The maximum Gasteiger partial charge on any atom is 0.231 e. The first-order valence-electron chi connectivity index (χ1n) is 7.16. The van der Waals surface area contributed by atoms with Gasteiger partial charge in [0.15, 0.2) is 5.11 Å². The maximum absolute atomic E-state index is 13.2. The molecule has 2 heterocycles. The molecule has 1 amide bonds. The van der Waals surface area contributed by atoms with Crippen LogP contribution in [0.1, 0.15) is 24.4 Å². The number of carbonyl (C=O) groups is 1. The second kappa shape index (κ2) is 6.07. The Bertz CT molecular complexity index is 521. The Morgan fingerprint density at radius 2 is 2.10 bits per heavy atom. The van der Waals surface area contributed by atoms with Crippen molar-refractivity contribution in [1.29, 1.82) is 0 Å². The van der Waals surface area contributed by atoms with Crippen LogP contribution in [0, 0.1) is 0 Å². The Morgan fingerprint density at radius 3 is 2.71 bits per heavy atom. The summed E-state index contributed by atoms with van der Waals surface area (Å²) >= 11 is 5.32. The van der Waals surface area contributed by atoms with Crippen molar-refractivity contribution in [3.63, 3.8) is 0 Å². The minimum atomic E-state index is -0.825. The van der Waals surface area contributed by atoms with Gasteiger partial charge in [-0.2, -0.15) is 0 Å². The fourth-order valence-electron chi connectivity index (χ4n) is 2.88. The van der Waals surface area contributed by atoms with Crippen LogP contribution in [0.25, 0.3) is 0 Å². The molecule has 0 spiro atoms. The molecule has 6 heteroatoms. The molecule has 0 radical (unpaired) electrons. The summed E-state index contributed by atoms with van der Waals surface area (Å²) in [4.78, 5) is 13.9. The molecule has 0 aliphatic carbocycles. The summed E-state index contributed by atoms with van der Waals surface area (Å²) in [5.74, 6) is -0.00305. The van der Waals surface area contributed by atoms with E-state index in [4.69, 9.17) is 12.2 Å². The van der Waals surface area contributed by atoms with Crippen LogP contribution in [0.15, 0.2) is 30.3 Å². The van der Waals surface area contributed by atoms with Gasteiger partial charge in [0, 0.05) is 19.1 Å². The molecule has 0 unspecified atom stereocenters. The highest BCUT2D eigenvalue weighted by molar-refractivity contribution is 7.80. The van der Waals surface area contributed by atoms with Crippen LogP contribution in [0.5, 0.6) is 0 Å². The third kappa shape index (κ3) is 3.22. The molecule has 112 valence electrons. The number of carbonyl (C=O) groups excluding carboxylic acids is 1. The SMILES string of the molecule is O=C1C[C@@H](c2ccccc2)NC(=S)N1C[C@@H]1C[C@H](F)CN1. The maximum atomic E-state index is 13.2. The lowest BCUT2D eigenvalue weighted by molar-refractivity contribution is -0.129. The van der Waals surface area contributed by atoms with Gasteiger partial charge < -0.3 is 10.6 Å². The van der Waals surface area contributed by atoms with Crippen molar-refractivity contribution < 1.29 is 9.18 Å². The highest BCUT2D eigenvalue weighted by atomic mass is 32.1. The predicted molar refractivity (Wildman–Crippen MR) is 82.6 cm³/mol. The summed E-state index contributed by atoms with van der Waals surface area (Å²) < 4.78 is 13.2. The van der Waals surface area contributed by atoms with Gasteiger partial charge in [0.05, 0.1) is 12.5 Å². The summed E-state index contributed by atoms with van der Waals surface area (Å²) in [6, 6.07) is 9.70. The van der Waals surface area contributed by atoms with Crippen molar-refractivity contribution in [2.75, 3.05) is 13.1 Å². The Balaban J connectivity index is 1.65. The highest BCUT2D eigenvalue weighted by Crippen LogP contribution is 2.23. The van der Waals surface area contributed by atoms with Crippen molar-refractivity contribution >= 4 is 23.2 Å². The third-order valence-electron chi connectivity index (χ3n) is 4.00. The van der Waals surface area contributed by atoms with Gasteiger partial charge in [0.25, 0.3) is 0 Å². The minimum Gasteiger partial charge on any atom is -0.355 e. The Morgan fingerprint density at radius 1 is 1.33 bits per heavy atom. The van der Waals surface area contributed by atoms with Crippen LogP contribution in [-0.2, 0) is 4.79 Å². The molecular weight excluding hydrogens is 289 g/mol. The number of amides is 1. The van der Waals surface area contributed by atoms with Crippen LogP contribution in [0.3, 0.4) is 0 Å². The molecule has 2 fully saturated rings. The summed E-state index contributed by atoms with van der Waals surface area (Å²) in [6.45, 7) is 0.798. The quantitative estimate of drug-likeness (QED) is 0.832. The first kappa shape index (κ1) is 14.4. The molecule has 0 saturated carbocycles. The van der Waals surface area contributed by atoms with Gasteiger partial charge >= 0.3 is 0 Å². The monoisotopic (exact) mass is 307 g/mol. The van der Waals surface area contributed by atoms with Crippen LogP contribution in [0.2, 0.25) is 0 Å². The average molecular weight is 307 g/mol. The molecule has 21 heavy (non-hydrogen) atoms. The predicted octanol–water partition coefficient (Wildman–Crippen LogP) is 1.53. The van der Waals surface area contributed by atoms with Crippen molar-refractivity contribution in [2.45, 2.75) is 31.1 Å². The molecule has 2 aliphatic rings. The van der Waals surface area contributed by atoms with Gasteiger partial charge in [0.2, 0.25) is 5.91 Å². The third-order valence-corrected chi connectivity index (χ3v) is 4.33. The number of nitrogens with one attached hydrogen (secondary N) is 2. The molecule has 0 aromatic heterocycles. The smallest absolute Gasteiger partial charge is 0.231 e. The van der Waals surface area contributed by atoms with Crippen LogP contribution in [-0.4, -0.2) is 41.2 Å². The summed E-state index contributed by atoms with van der Waals surface area (Å²) in [7, 11) is 0. The molecule has 0 bridgehead atoms. The van der Waals surface area contributed by atoms with Gasteiger partial charge in [-0.05, 0) is 24.2 Å². The van der Waals surface area contributed by atoms with Crippen molar-refractivity contribution in [2.24, 2.45) is 0 Å². The number of alkyl halides is 1. The van der Waals surface area contributed by atoms with Crippen LogP contribution < -0.4 is 10.6 Å². The standard InChI is InChI=1S/C15H18FN3OS/c16-11-6-12(17-8-11)9-19-14(20)7-13(18-15(19)21)10-4-2-1-3-5-10/h1-5,11-13,17H,6-9H2,(H,18,21)/t11-,12-,13-/m0/s1. The van der Waals surface area contributed by atoms with Crippen LogP contribution >= 0.6 is 12.2 Å². The van der Waals surface area contributed by atoms with E-state index in [0.29, 0.717) is 31.0 Å². The lowest BCUT2D eigenvalue weighted by Gasteiger charge is -2.35. The number of benzene rings is 1. The molecule has 2 N–H and O–H groups in total. The van der Waals surface area contributed by atoms with E-state index in [9.17, 15) is 9.18 Å². The number of hydrogen-bond acceptors (Lipinski definition) is 3. The van der Waals surface area contributed by atoms with E-state index in [1.54, 1.807) is 4.90 Å². The lowest BCUT2D eigenvalue weighted by Crippen LogP contribution is -2.54. The summed E-state index contributed by atoms with van der Waals surface area (Å²) in [5, 5.41) is 6.73. The molecule has 2 aliphatic heterocycles. The Kier molecular flexibility index (Phi) is 4.17. The van der Waals surface area contributed by atoms with E-state index >= 15 is 0 Å². The van der Waals surface area contributed by atoms with Crippen molar-refractivity contribution in [3.05, 3.63) is 35.9 Å². The molecule has 2 saturated heterocycles. The normalized spacial score (nSPS) is 29.6. The zero-order valence-electron chi connectivity index (χ0n) is 11.6. The first-order valence-corrected chi connectivity index (χ1v) is 7.57. The molecule has 3 rings (SSSR count). The molecular formula is C15H18FN3OS. The molecule has 3 atom stereocenters. The summed E-state index contributed by atoms with van der Waals surface area (Å²) in [5.41, 5.74) is 1.05. The van der Waals surface area contributed by atoms with Gasteiger partial charge in [-0.15, -0.1) is 0 Å². The molecule has 4 nitrogen and oxygen atoms in total. The fourth-order valence-corrected chi connectivity index (χ4v) is 3.20. The topological polar surface area (TPSA) is 44.4 Å². The van der Waals surface area contributed by atoms with E-state index in [0.717, 1.165) is 5.56 Å². The van der Waals surface area contributed by atoms with E-state index in [-0.39, 0.29) is 18.0 Å². The molecule has 1 aromatic rings. The Labute approximate surface area is 128 Å². The van der Waals surface area contributed by atoms with Crippen molar-refractivity contribution in [1.82, 2.24) is 15.5 Å². The van der Waals surface area contributed by atoms with Crippen LogP contribution in [0.4, 0.5) is 4.39 Å². The first-order chi connectivity index (χ1) is 10.1. The van der Waals surface area contributed by atoms with Gasteiger partial charge in [-0.1, -0.05) is 30.3 Å².